The van der Waals surface area contributed by atoms with Crippen LogP contribution in [0, 0.1) is 0 Å². The molecule has 216 valence electrons. The fraction of sp³-hybridized carbons (Fsp3) is 0.257. The second-order valence-electron chi connectivity index (χ2n) is 10.4. The highest BCUT2D eigenvalue weighted by Gasteiger charge is 2.24. The average molecular weight is 629 g/mol. The van der Waals surface area contributed by atoms with Crippen LogP contribution in [0.15, 0.2) is 102 Å². The zero-order chi connectivity index (χ0) is 29.3. The maximum atomic E-state index is 13.6. The number of amides is 1. The Balaban J connectivity index is 1.38. The van der Waals surface area contributed by atoms with Crippen LogP contribution in [0.1, 0.15) is 60.5 Å². The van der Waals surface area contributed by atoms with Gasteiger partial charge in [-0.05, 0) is 73.2 Å². The molecule has 0 bridgehead atoms. The van der Waals surface area contributed by atoms with Gasteiger partial charge in [0.05, 0.1) is 31.2 Å². The maximum absolute atomic E-state index is 13.6. The molecular weight excluding hydrogens is 594 g/mol. The first-order chi connectivity index (χ1) is 20.5. The van der Waals surface area contributed by atoms with Crippen molar-refractivity contribution < 1.29 is 23.8 Å². The first-order valence-corrected chi connectivity index (χ1v) is 15.1. The number of benzene rings is 4. The minimum Gasteiger partial charge on any atom is -0.490 e. The molecule has 1 unspecified atom stereocenters. The first-order valence-electron chi connectivity index (χ1n) is 14.3. The Hall–Kier alpha value is -4.10. The van der Waals surface area contributed by atoms with E-state index >= 15 is 0 Å². The Morgan fingerprint density at radius 2 is 1.57 bits per heavy atom. The second kappa shape index (κ2) is 14.2. The number of ether oxygens (including phenoxy) is 3. The van der Waals surface area contributed by atoms with Gasteiger partial charge in [-0.1, -0.05) is 83.0 Å². The maximum Gasteiger partial charge on any atom is 0.307 e. The predicted octanol–water partition coefficient (Wildman–Crippen LogP) is 8.65. The zero-order valence-corrected chi connectivity index (χ0v) is 25.1. The molecular formula is C35H34BrNO5. The molecule has 4 aromatic rings. The third-order valence-electron chi connectivity index (χ3n) is 7.42. The van der Waals surface area contributed by atoms with Crippen LogP contribution in [0.3, 0.4) is 0 Å². The summed E-state index contributed by atoms with van der Waals surface area (Å²) in [6.45, 7) is 0. The van der Waals surface area contributed by atoms with Crippen LogP contribution >= 0.6 is 15.9 Å². The van der Waals surface area contributed by atoms with E-state index in [1.165, 1.54) is 13.5 Å². The lowest BCUT2D eigenvalue weighted by molar-refractivity contribution is -0.141. The third-order valence-corrected chi connectivity index (χ3v) is 7.91. The summed E-state index contributed by atoms with van der Waals surface area (Å²) in [6.07, 6.45) is 5.52. The van der Waals surface area contributed by atoms with Gasteiger partial charge in [-0.2, -0.15) is 0 Å². The molecule has 1 aliphatic carbocycles. The van der Waals surface area contributed by atoms with E-state index in [-0.39, 0.29) is 18.4 Å². The normalized spacial score (nSPS) is 14.0. The van der Waals surface area contributed by atoms with Crippen molar-refractivity contribution in [2.75, 3.05) is 7.11 Å². The van der Waals surface area contributed by atoms with Gasteiger partial charge in [-0.15, -0.1) is 0 Å². The predicted molar refractivity (Wildman–Crippen MR) is 167 cm³/mol. The van der Waals surface area contributed by atoms with Gasteiger partial charge < -0.3 is 19.5 Å². The van der Waals surface area contributed by atoms with Crippen LogP contribution in [-0.2, 0) is 9.53 Å². The Labute approximate surface area is 255 Å². The molecule has 1 atom stereocenters. The van der Waals surface area contributed by atoms with E-state index in [9.17, 15) is 9.59 Å². The monoisotopic (exact) mass is 627 g/mol. The van der Waals surface area contributed by atoms with Gasteiger partial charge >= 0.3 is 5.97 Å². The molecule has 5 rings (SSSR count). The molecule has 1 saturated carbocycles. The van der Waals surface area contributed by atoms with E-state index in [1.54, 1.807) is 6.07 Å². The molecule has 7 heteroatoms. The van der Waals surface area contributed by atoms with Crippen LogP contribution in [0.2, 0.25) is 0 Å². The molecule has 4 aromatic carbocycles. The van der Waals surface area contributed by atoms with Crippen molar-refractivity contribution in [2.24, 2.45) is 0 Å². The lowest BCUT2D eigenvalue weighted by Crippen LogP contribution is -2.31. The molecule has 1 N–H and O–H groups in total. The molecule has 1 aliphatic rings. The zero-order valence-electron chi connectivity index (χ0n) is 23.6. The second-order valence-corrected chi connectivity index (χ2v) is 11.3. The minimum atomic E-state index is -0.601. The molecule has 0 aromatic heterocycles. The van der Waals surface area contributed by atoms with Gasteiger partial charge in [0.1, 0.15) is 17.2 Å². The summed E-state index contributed by atoms with van der Waals surface area (Å²) >= 11 is 3.49. The number of hydrogen-bond acceptors (Lipinski definition) is 5. The lowest BCUT2D eigenvalue weighted by Gasteiger charge is -2.25. The van der Waals surface area contributed by atoms with Gasteiger partial charge in [-0.3, -0.25) is 9.59 Å². The molecule has 0 heterocycles. The molecule has 42 heavy (non-hydrogen) atoms. The third kappa shape index (κ3) is 7.59. The Morgan fingerprint density at radius 1 is 0.857 bits per heavy atom. The number of rotatable bonds is 10. The van der Waals surface area contributed by atoms with Crippen molar-refractivity contribution in [1.29, 1.82) is 0 Å². The largest absolute Gasteiger partial charge is 0.490 e. The Bertz CT molecular complexity index is 1500. The number of nitrogens with one attached hydrogen (secondary N) is 1. The molecule has 1 fully saturated rings. The van der Waals surface area contributed by atoms with E-state index in [4.69, 9.17) is 14.2 Å². The summed E-state index contributed by atoms with van der Waals surface area (Å²) in [7, 11) is 1.35. The van der Waals surface area contributed by atoms with Crippen molar-refractivity contribution >= 4 is 27.8 Å². The SMILES string of the molecule is COC(=O)CC(NC(=O)c1cc(Br)ccc1OC1CCCCC1)c1ccc(-c2ccccc2Oc2ccccc2)cc1. The van der Waals surface area contributed by atoms with E-state index in [2.05, 4.69) is 21.2 Å². The number of carbonyl (C=O) groups is 2. The van der Waals surface area contributed by atoms with Crippen molar-refractivity contribution in [3.63, 3.8) is 0 Å². The molecule has 0 radical (unpaired) electrons. The first kappa shape index (κ1) is 29.4. The summed E-state index contributed by atoms with van der Waals surface area (Å²) in [5.74, 6) is 1.29. The number of carbonyl (C=O) groups excluding carboxylic acids is 2. The molecule has 0 aliphatic heterocycles. The van der Waals surface area contributed by atoms with Crippen LogP contribution in [0.4, 0.5) is 0 Å². The van der Waals surface area contributed by atoms with Gasteiger partial charge in [0.15, 0.2) is 0 Å². The highest BCUT2D eigenvalue weighted by atomic mass is 79.9. The van der Waals surface area contributed by atoms with Crippen LogP contribution < -0.4 is 14.8 Å². The van der Waals surface area contributed by atoms with Crippen molar-refractivity contribution in [1.82, 2.24) is 5.32 Å². The summed E-state index contributed by atoms with van der Waals surface area (Å²) in [5, 5.41) is 3.06. The van der Waals surface area contributed by atoms with Crippen molar-refractivity contribution in [2.45, 2.75) is 50.7 Å². The number of halogens is 1. The standard InChI is InChI=1S/C35H34BrNO5/c1-40-34(38)23-31(37-35(39)30-22-26(36)20-21-33(30)42-28-12-6-3-7-13-28)25-18-16-24(17-19-25)29-14-8-9-15-32(29)41-27-10-4-2-5-11-27/h2,4-5,8-11,14-22,28,31H,3,6-7,12-13,23H2,1H3,(H,37,39). The fourth-order valence-corrected chi connectivity index (χ4v) is 5.55. The van der Waals surface area contributed by atoms with Crippen LogP contribution in [0.25, 0.3) is 11.1 Å². The molecule has 0 saturated heterocycles. The van der Waals surface area contributed by atoms with E-state index in [0.717, 1.165) is 58.3 Å². The number of hydrogen-bond donors (Lipinski definition) is 1. The van der Waals surface area contributed by atoms with E-state index in [0.29, 0.717) is 11.3 Å². The van der Waals surface area contributed by atoms with Crippen LogP contribution in [-0.4, -0.2) is 25.1 Å². The van der Waals surface area contributed by atoms with Gasteiger partial charge in [0.25, 0.3) is 5.91 Å². The topological polar surface area (TPSA) is 73.9 Å². The minimum absolute atomic E-state index is 0.0118. The van der Waals surface area contributed by atoms with Crippen molar-refractivity contribution in [3.8, 4) is 28.4 Å². The summed E-state index contributed by atoms with van der Waals surface area (Å²) in [5.41, 5.74) is 3.08. The lowest BCUT2D eigenvalue weighted by atomic mass is 9.97. The average Bonchev–Trinajstić information content (AvgIpc) is 3.03. The molecule has 1 amide bonds. The van der Waals surface area contributed by atoms with Gasteiger partial charge in [0, 0.05) is 10.0 Å². The number of methoxy groups -OCH3 is 1. The molecule has 0 spiro atoms. The smallest absolute Gasteiger partial charge is 0.307 e. The van der Waals surface area contributed by atoms with Gasteiger partial charge in [-0.25, -0.2) is 0 Å². The Kier molecular flexibility index (Phi) is 9.93. The highest BCUT2D eigenvalue weighted by Crippen LogP contribution is 2.34. The molecule has 6 nitrogen and oxygen atoms in total. The highest BCUT2D eigenvalue weighted by molar-refractivity contribution is 9.10. The van der Waals surface area contributed by atoms with Crippen LogP contribution in [0.5, 0.6) is 17.2 Å². The summed E-state index contributed by atoms with van der Waals surface area (Å²) in [6, 6.07) is 30.1. The summed E-state index contributed by atoms with van der Waals surface area (Å²) < 4.78 is 18.2. The Morgan fingerprint density at radius 3 is 2.31 bits per heavy atom. The van der Waals surface area contributed by atoms with E-state index < -0.39 is 12.0 Å². The van der Waals surface area contributed by atoms with Gasteiger partial charge in [0.2, 0.25) is 0 Å². The quantitative estimate of drug-likeness (QED) is 0.178. The van der Waals surface area contributed by atoms with Crippen molar-refractivity contribution in [3.05, 3.63) is 113 Å². The fourth-order valence-electron chi connectivity index (χ4n) is 5.19. The number of para-hydroxylation sites is 2. The number of esters is 1. The van der Waals surface area contributed by atoms with E-state index in [1.807, 2.05) is 91.0 Å². The summed E-state index contributed by atoms with van der Waals surface area (Å²) in [4.78, 5) is 26.0.